The largest absolute Gasteiger partial charge is 0.733 e. The first-order chi connectivity index (χ1) is 17.4. The fourth-order valence-electron chi connectivity index (χ4n) is 4.84. The van der Waals surface area contributed by atoms with Crippen LogP contribution in [0.3, 0.4) is 0 Å². The van der Waals surface area contributed by atoms with Gasteiger partial charge < -0.3 is 30.0 Å². The fraction of sp³-hybridized carbons (Fsp3) is 0.222. The maximum atomic E-state index is 12.0. The van der Waals surface area contributed by atoms with Crippen LogP contribution in [-0.4, -0.2) is 34.4 Å². The zero-order valence-corrected chi connectivity index (χ0v) is 19.8. The number of H-pyrrole nitrogens is 1. The first-order valence-corrected chi connectivity index (χ1v) is 11.5. The van der Waals surface area contributed by atoms with Crippen molar-refractivity contribution in [2.45, 2.75) is 32.0 Å². The van der Waals surface area contributed by atoms with Gasteiger partial charge in [-0.2, -0.15) is 0 Å². The molecule has 2 unspecified atom stereocenters. The number of aromatic amines is 1. The molecule has 0 bridgehead atoms. The zero-order chi connectivity index (χ0) is 25.4. The van der Waals surface area contributed by atoms with Crippen LogP contribution in [0.25, 0.3) is 10.9 Å². The van der Waals surface area contributed by atoms with Gasteiger partial charge in [0.05, 0.1) is 18.8 Å². The van der Waals surface area contributed by atoms with Crippen molar-refractivity contribution in [1.29, 1.82) is 0 Å². The third-order valence-electron chi connectivity index (χ3n) is 6.62. The van der Waals surface area contributed by atoms with Crippen LogP contribution in [0.5, 0.6) is 11.5 Å². The van der Waals surface area contributed by atoms with Crippen LogP contribution < -0.4 is 20.0 Å². The Labute approximate surface area is 207 Å². The number of nitrogens with one attached hydrogen (secondary N) is 2. The molecule has 4 aromatic rings. The lowest BCUT2D eigenvalue weighted by Gasteiger charge is -2.30. The van der Waals surface area contributed by atoms with Crippen LogP contribution in [0.15, 0.2) is 60.7 Å². The molecule has 0 spiro atoms. The molecule has 0 aliphatic carbocycles. The van der Waals surface area contributed by atoms with Gasteiger partial charge in [0, 0.05) is 28.6 Å². The Morgan fingerprint density at radius 1 is 1.17 bits per heavy atom. The van der Waals surface area contributed by atoms with E-state index < -0.39 is 12.0 Å². The lowest BCUT2D eigenvalue weighted by atomic mass is 9.89. The normalized spacial score (nSPS) is 17.0. The lowest BCUT2D eigenvalue weighted by Crippen LogP contribution is -2.45. The predicted molar refractivity (Wildman–Crippen MR) is 135 cm³/mol. The van der Waals surface area contributed by atoms with Crippen LogP contribution in [0.1, 0.15) is 34.0 Å². The third kappa shape index (κ3) is 4.35. The molecule has 0 fully saturated rings. The van der Waals surface area contributed by atoms with Crippen LogP contribution >= 0.6 is 0 Å². The predicted octanol–water partition coefficient (Wildman–Crippen LogP) is 4.45. The third-order valence-corrected chi connectivity index (χ3v) is 6.62. The van der Waals surface area contributed by atoms with E-state index in [4.69, 9.17) is 9.47 Å². The summed E-state index contributed by atoms with van der Waals surface area (Å²) in [6, 6.07) is 17.3. The van der Waals surface area contributed by atoms with Crippen molar-refractivity contribution < 1.29 is 24.6 Å². The summed E-state index contributed by atoms with van der Waals surface area (Å²) in [5.74, 6) is 0.271. The highest BCUT2D eigenvalue weighted by molar-refractivity contribution is 5.87. The quantitative estimate of drug-likeness (QED) is 0.281. The Kier molecular flexibility index (Phi) is 6.27. The smallest absolute Gasteiger partial charge is 0.321 e. The second-order valence-electron chi connectivity index (χ2n) is 8.84. The number of benzene rings is 3. The number of aromatic nitrogens is 1. The summed E-state index contributed by atoms with van der Waals surface area (Å²) in [6.07, 6.45) is 0.390. The molecule has 4 N–H and O–H groups in total. The van der Waals surface area contributed by atoms with E-state index in [0.717, 1.165) is 33.3 Å². The number of methoxy groups -OCH3 is 1. The van der Waals surface area contributed by atoms with Crippen LogP contribution in [0, 0.1) is 12.1 Å². The summed E-state index contributed by atoms with van der Waals surface area (Å²) in [6.45, 7) is 1.89. The molecule has 9 nitrogen and oxygen atoms in total. The molecular formula is C27H26N3O6-. The minimum atomic E-state index is -0.897. The number of nitrogens with zero attached hydrogens (tertiary/aromatic N) is 1. The second kappa shape index (κ2) is 9.54. The Hall–Kier alpha value is -4.05. The topological polar surface area (TPSA) is 130 Å². The van der Waals surface area contributed by atoms with Gasteiger partial charge in [0.1, 0.15) is 24.1 Å². The summed E-state index contributed by atoms with van der Waals surface area (Å²) in [5.41, 5.74) is 5.29. The van der Waals surface area contributed by atoms with E-state index in [1.807, 2.05) is 42.5 Å². The number of hydrogen-bond donors (Lipinski definition) is 4. The summed E-state index contributed by atoms with van der Waals surface area (Å²) >= 11 is 0. The highest BCUT2D eigenvalue weighted by Gasteiger charge is 2.34. The lowest BCUT2D eigenvalue weighted by molar-refractivity contribution is -0.139. The number of fused-ring (bicyclic) bond motifs is 3. The Balaban J connectivity index is 1.48. The maximum Gasteiger partial charge on any atom is 0.321 e. The number of aryl methyl sites for hydroxylation is 1. The zero-order valence-electron chi connectivity index (χ0n) is 19.8. The molecule has 36 heavy (non-hydrogen) atoms. The molecule has 2 atom stereocenters. The van der Waals surface area contributed by atoms with Crippen molar-refractivity contribution >= 4 is 22.6 Å². The van der Waals surface area contributed by atoms with E-state index in [1.54, 1.807) is 26.2 Å². The molecule has 1 aromatic heterocycles. The Morgan fingerprint density at radius 3 is 2.69 bits per heavy atom. The molecule has 0 amide bonds. The van der Waals surface area contributed by atoms with E-state index in [-0.39, 0.29) is 23.6 Å². The first-order valence-electron chi connectivity index (χ1n) is 11.5. The molecule has 0 radical (unpaired) electrons. The van der Waals surface area contributed by atoms with Crippen molar-refractivity contribution in [3.05, 3.63) is 93.8 Å². The van der Waals surface area contributed by atoms with Crippen molar-refractivity contribution in [3.63, 3.8) is 0 Å². The van der Waals surface area contributed by atoms with Crippen molar-refractivity contribution in [3.8, 4) is 11.5 Å². The number of ether oxygens (including phenoxy) is 2. The summed E-state index contributed by atoms with van der Waals surface area (Å²) in [7, 11) is 1.58. The second-order valence-corrected chi connectivity index (χ2v) is 8.84. The number of carbonyl (C=O) groups is 1. The Bertz CT molecular complexity index is 1430. The Morgan fingerprint density at radius 2 is 1.97 bits per heavy atom. The number of aliphatic carboxylic acids is 1. The minimum absolute atomic E-state index is 0.146. The molecule has 3 aromatic carbocycles. The molecule has 0 saturated heterocycles. The van der Waals surface area contributed by atoms with Gasteiger partial charge in [-0.15, -0.1) is 0 Å². The van der Waals surface area contributed by atoms with Gasteiger partial charge in [0.2, 0.25) is 0 Å². The number of carboxylic acids is 1. The highest BCUT2D eigenvalue weighted by Crippen LogP contribution is 2.37. The SMILES string of the molecule is COc1ccc(C2NC(C(=O)O)Cc3c2[nH]c2ccccc32)cc1COc1ccc(N([O-])O)c(C)c1. The van der Waals surface area contributed by atoms with Gasteiger partial charge in [-0.1, -0.05) is 24.3 Å². The number of rotatable bonds is 7. The molecule has 2 heterocycles. The van der Waals surface area contributed by atoms with Gasteiger partial charge in [-0.05, 0) is 60.0 Å². The number of carboxylic acid groups (broad SMARTS) is 1. The standard InChI is InChI=1S/C27H26N3O6/c1-15-11-18(8-9-23(15)30(33)34)36-14-17-12-16(7-10-24(17)35-2)25-26-20(13-22(29-25)27(31)32)19-5-3-4-6-21(19)28-26/h3-12,22,25,28-29,33H,13-14H2,1-2H3,(H,31,32)/q-1. The number of para-hydroxylation sites is 1. The molecular weight excluding hydrogens is 462 g/mol. The van der Waals surface area contributed by atoms with Crippen LogP contribution in [0.4, 0.5) is 5.69 Å². The van der Waals surface area contributed by atoms with E-state index in [2.05, 4.69) is 10.3 Å². The summed E-state index contributed by atoms with van der Waals surface area (Å²) in [4.78, 5) is 15.5. The van der Waals surface area contributed by atoms with Gasteiger partial charge in [-0.3, -0.25) is 15.3 Å². The molecule has 5 rings (SSSR count). The van der Waals surface area contributed by atoms with E-state index in [9.17, 15) is 20.3 Å². The number of hydrogen-bond acceptors (Lipinski definition) is 7. The number of anilines is 1. The molecule has 1 aliphatic heterocycles. The van der Waals surface area contributed by atoms with E-state index in [1.165, 1.54) is 6.07 Å². The van der Waals surface area contributed by atoms with Gasteiger partial charge in [0.15, 0.2) is 0 Å². The monoisotopic (exact) mass is 488 g/mol. The van der Waals surface area contributed by atoms with Gasteiger partial charge in [-0.25, -0.2) is 0 Å². The van der Waals surface area contributed by atoms with Crippen molar-refractivity contribution in [1.82, 2.24) is 10.3 Å². The minimum Gasteiger partial charge on any atom is -0.733 e. The van der Waals surface area contributed by atoms with E-state index >= 15 is 0 Å². The van der Waals surface area contributed by atoms with Gasteiger partial charge in [0.25, 0.3) is 0 Å². The molecule has 9 heteroatoms. The van der Waals surface area contributed by atoms with E-state index in [0.29, 0.717) is 23.5 Å². The summed E-state index contributed by atoms with van der Waals surface area (Å²) < 4.78 is 11.5. The first kappa shape index (κ1) is 23.7. The summed E-state index contributed by atoms with van der Waals surface area (Å²) in [5, 5.41) is 34.3. The van der Waals surface area contributed by atoms with Gasteiger partial charge >= 0.3 is 5.97 Å². The highest BCUT2D eigenvalue weighted by atomic mass is 16.8. The molecule has 186 valence electrons. The molecule has 1 aliphatic rings. The average Bonchev–Trinajstić information content (AvgIpc) is 3.25. The van der Waals surface area contributed by atoms with Crippen molar-refractivity contribution in [2.75, 3.05) is 12.3 Å². The van der Waals surface area contributed by atoms with Crippen LogP contribution in [0.2, 0.25) is 0 Å². The van der Waals surface area contributed by atoms with Crippen molar-refractivity contribution in [2.24, 2.45) is 0 Å². The molecule has 0 saturated carbocycles. The fourth-order valence-corrected chi connectivity index (χ4v) is 4.84. The van der Waals surface area contributed by atoms with Crippen LogP contribution in [-0.2, 0) is 17.8 Å². The maximum absolute atomic E-state index is 12.0. The average molecular weight is 489 g/mol.